The summed E-state index contributed by atoms with van der Waals surface area (Å²) >= 11 is 0. The quantitative estimate of drug-likeness (QED) is 0.584. The van der Waals surface area contributed by atoms with E-state index in [2.05, 4.69) is 10.3 Å². The van der Waals surface area contributed by atoms with Crippen molar-refractivity contribution in [1.82, 2.24) is 24.0 Å². The third-order valence-electron chi connectivity index (χ3n) is 3.50. The van der Waals surface area contributed by atoms with Gasteiger partial charge >= 0.3 is 17.7 Å². The Balaban J connectivity index is 2.40. The van der Waals surface area contributed by atoms with E-state index in [1.165, 1.54) is 14.1 Å². The minimum Gasteiger partial charge on any atom is -0.444 e. The zero-order chi connectivity index (χ0) is 19.8. The highest BCUT2D eigenvalue weighted by atomic mass is 16.6. The maximum absolute atomic E-state index is 12.4. The van der Waals surface area contributed by atoms with Gasteiger partial charge in [0.15, 0.2) is 0 Å². The van der Waals surface area contributed by atoms with Gasteiger partial charge in [-0.25, -0.2) is 14.2 Å². The molecule has 0 bridgehead atoms. The van der Waals surface area contributed by atoms with Crippen LogP contribution in [0.5, 0.6) is 0 Å². The van der Waals surface area contributed by atoms with E-state index < -0.39 is 33.8 Å². The lowest BCUT2D eigenvalue weighted by molar-refractivity contribution is -0.396. The maximum Gasteiger partial charge on any atom is 0.437 e. The first-order valence-electron chi connectivity index (χ1n) is 7.71. The van der Waals surface area contributed by atoms with Crippen molar-refractivity contribution in [2.24, 2.45) is 14.1 Å². The average Bonchev–Trinajstić information content (AvgIpc) is 2.84. The highest BCUT2D eigenvalue weighted by Gasteiger charge is 2.26. The van der Waals surface area contributed by atoms with Crippen molar-refractivity contribution in [2.45, 2.75) is 32.9 Å². The van der Waals surface area contributed by atoms with Gasteiger partial charge in [-0.15, -0.1) is 0 Å². The van der Waals surface area contributed by atoms with Crippen LogP contribution in [0.25, 0.3) is 11.2 Å². The van der Waals surface area contributed by atoms with Crippen LogP contribution < -0.4 is 16.6 Å². The first kappa shape index (κ1) is 19.1. The number of nitro groups is 1. The largest absolute Gasteiger partial charge is 0.444 e. The molecule has 0 aliphatic rings. The number of nitrogens with zero attached hydrogens (tertiary/aromatic N) is 5. The van der Waals surface area contributed by atoms with Crippen molar-refractivity contribution in [1.29, 1.82) is 0 Å². The van der Waals surface area contributed by atoms with Crippen LogP contribution in [0, 0.1) is 10.1 Å². The molecular weight excluding hydrogens is 348 g/mol. The fourth-order valence-electron chi connectivity index (χ4n) is 2.37. The number of aromatic nitrogens is 4. The Labute approximate surface area is 147 Å². The van der Waals surface area contributed by atoms with Gasteiger partial charge in [0.2, 0.25) is 5.52 Å². The molecule has 2 rings (SSSR count). The summed E-state index contributed by atoms with van der Waals surface area (Å²) in [5, 5.41) is 13.6. The number of aryl methyl sites for hydroxylation is 1. The lowest BCUT2D eigenvalue weighted by Crippen LogP contribution is -2.41. The van der Waals surface area contributed by atoms with E-state index in [4.69, 9.17) is 4.74 Å². The fourth-order valence-corrected chi connectivity index (χ4v) is 2.37. The van der Waals surface area contributed by atoms with Gasteiger partial charge in [0.25, 0.3) is 11.2 Å². The Bertz CT molecular complexity index is 992. The summed E-state index contributed by atoms with van der Waals surface area (Å²) in [6, 6.07) is 0. The summed E-state index contributed by atoms with van der Waals surface area (Å²) in [5.74, 6) is -0.559. The minimum absolute atomic E-state index is 0.00644. The van der Waals surface area contributed by atoms with Crippen LogP contribution >= 0.6 is 0 Å². The molecule has 12 nitrogen and oxygen atoms in total. The number of hydrogen-bond acceptors (Lipinski definition) is 7. The molecule has 142 valence electrons. The van der Waals surface area contributed by atoms with Gasteiger partial charge in [0.05, 0.1) is 7.05 Å². The van der Waals surface area contributed by atoms with Crippen LogP contribution in [0.15, 0.2) is 9.59 Å². The summed E-state index contributed by atoms with van der Waals surface area (Å²) in [5.41, 5.74) is -2.24. The highest BCUT2D eigenvalue weighted by molar-refractivity contribution is 5.72. The van der Waals surface area contributed by atoms with E-state index in [0.29, 0.717) is 0 Å². The van der Waals surface area contributed by atoms with Crippen LogP contribution in [0.1, 0.15) is 20.8 Å². The third-order valence-corrected chi connectivity index (χ3v) is 3.50. The molecule has 0 fully saturated rings. The molecule has 26 heavy (non-hydrogen) atoms. The molecule has 12 heteroatoms. The van der Waals surface area contributed by atoms with Gasteiger partial charge < -0.3 is 20.2 Å². The van der Waals surface area contributed by atoms with Crippen molar-refractivity contribution < 1.29 is 14.5 Å². The van der Waals surface area contributed by atoms with E-state index in [-0.39, 0.29) is 24.3 Å². The molecular formula is C14H20N6O6. The molecule has 0 radical (unpaired) electrons. The van der Waals surface area contributed by atoms with E-state index >= 15 is 0 Å². The Morgan fingerprint density at radius 1 is 1.27 bits per heavy atom. The molecule has 0 unspecified atom stereocenters. The summed E-state index contributed by atoms with van der Waals surface area (Å²) in [6.45, 7) is 5.09. The normalized spacial score (nSPS) is 11.6. The Morgan fingerprint density at radius 3 is 2.42 bits per heavy atom. The first-order chi connectivity index (χ1) is 11.9. The molecule has 0 spiro atoms. The Kier molecular flexibility index (Phi) is 4.87. The van der Waals surface area contributed by atoms with E-state index in [1.807, 2.05) is 0 Å². The third kappa shape index (κ3) is 3.58. The molecule has 2 heterocycles. The zero-order valence-electron chi connectivity index (χ0n) is 15.1. The molecule has 0 saturated carbocycles. The summed E-state index contributed by atoms with van der Waals surface area (Å²) in [7, 11) is 2.59. The first-order valence-corrected chi connectivity index (χ1v) is 7.71. The SMILES string of the molecule is Cn1c(=O)c2c(nc([N+](=O)[O-])n2C)n(CCNC(=O)OC(C)(C)C)c1=O. The van der Waals surface area contributed by atoms with Crippen LogP contribution in [-0.2, 0) is 25.4 Å². The lowest BCUT2D eigenvalue weighted by atomic mass is 10.2. The molecule has 0 saturated heterocycles. The molecule has 0 aromatic carbocycles. The lowest BCUT2D eigenvalue weighted by Gasteiger charge is -2.19. The predicted octanol–water partition coefficient (Wildman–Crippen LogP) is -0.133. The second kappa shape index (κ2) is 6.61. The average molecular weight is 368 g/mol. The van der Waals surface area contributed by atoms with Crippen molar-refractivity contribution >= 4 is 23.2 Å². The molecule has 2 aromatic heterocycles. The smallest absolute Gasteiger partial charge is 0.437 e. The van der Waals surface area contributed by atoms with Gasteiger partial charge in [-0.3, -0.25) is 13.9 Å². The summed E-state index contributed by atoms with van der Waals surface area (Å²) < 4.78 is 8.04. The zero-order valence-corrected chi connectivity index (χ0v) is 15.1. The Morgan fingerprint density at radius 2 is 1.88 bits per heavy atom. The van der Waals surface area contributed by atoms with Gasteiger partial charge in [-0.2, -0.15) is 0 Å². The second-order valence-corrected chi connectivity index (χ2v) is 6.63. The van der Waals surface area contributed by atoms with E-state index in [0.717, 1.165) is 13.7 Å². The molecule has 1 amide bonds. The van der Waals surface area contributed by atoms with Crippen LogP contribution in [0.4, 0.5) is 10.7 Å². The summed E-state index contributed by atoms with van der Waals surface area (Å²) in [4.78, 5) is 50.4. The van der Waals surface area contributed by atoms with Gasteiger partial charge in [0.1, 0.15) is 5.60 Å². The number of hydrogen-bond donors (Lipinski definition) is 1. The Hall–Kier alpha value is -3.18. The minimum atomic E-state index is -0.743. The van der Waals surface area contributed by atoms with Crippen molar-refractivity contribution in [3.05, 3.63) is 31.0 Å². The van der Waals surface area contributed by atoms with Gasteiger partial charge in [-0.05, 0) is 30.7 Å². The monoisotopic (exact) mass is 368 g/mol. The van der Waals surface area contributed by atoms with Crippen LogP contribution in [0.2, 0.25) is 0 Å². The van der Waals surface area contributed by atoms with Gasteiger partial charge in [-0.1, -0.05) is 0 Å². The number of imidazole rings is 1. The number of rotatable bonds is 4. The number of amides is 1. The van der Waals surface area contributed by atoms with Crippen molar-refractivity contribution in [3.63, 3.8) is 0 Å². The van der Waals surface area contributed by atoms with E-state index in [9.17, 15) is 24.5 Å². The fraction of sp³-hybridized carbons (Fsp3) is 0.571. The van der Waals surface area contributed by atoms with Crippen LogP contribution in [-0.4, -0.2) is 41.8 Å². The van der Waals surface area contributed by atoms with Crippen molar-refractivity contribution in [3.8, 4) is 0 Å². The highest BCUT2D eigenvalue weighted by Crippen LogP contribution is 2.15. The van der Waals surface area contributed by atoms with Crippen LogP contribution in [0.3, 0.4) is 0 Å². The molecule has 0 aliphatic carbocycles. The van der Waals surface area contributed by atoms with Crippen molar-refractivity contribution in [2.75, 3.05) is 6.54 Å². The second-order valence-electron chi connectivity index (χ2n) is 6.63. The van der Waals surface area contributed by atoms with E-state index in [1.54, 1.807) is 20.8 Å². The molecule has 0 atom stereocenters. The number of nitrogens with one attached hydrogen (secondary N) is 1. The number of ether oxygens (including phenoxy) is 1. The standard InChI is InChI=1S/C14H20N6O6/c1-14(2,3)26-12(22)15-6-7-19-9-8(10(21)18(5)13(19)23)17(4)11(16-9)20(24)25/h6-7H2,1-5H3,(H,15,22). The number of carbonyl (C=O) groups excluding carboxylic acids is 1. The topological polar surface area (TPSA) is 143 Å². The summed E-state index contributed by atoms with van der Waals surface area (Å²) in [6.07, 6.45) is -0.668. The number of fused-ring (bicyclic) bond motifs is 1. The maximum atomic E-state index is 12.4. The number of alkyl carbamates (subject to hydrolysis) is 1. The number of carbonyl (C=O) groups is 1. The predicted molar refractivity (Wildman–Crippen MR) is 91.1 cm³/mol. The molecule has 0 aliphatic heterocycles. The molecule has 1 N–H and O–H groups in total. The van der Waals surface area contributed by atoms with Gasteiger partial charge in [0, 0.05) is 20.1 Å². The molecule has 2 aromatic rings.